The number of carboxylic acid groups (broad SMARTS) is 1. The van der Waals surface area contributed by atoms with E-state index >= 15 is 0 Å². The molecule has 0 amide bonds. The average Bonchev–Trinajstić information content (AvgIpc) is 2.59. The van der Waals surface area contributed by atoms with Crippen molar-refractivity contribution in [1.82, 2.24) is 4.90 Å². The molecule has 1 aliphatic heterocycles. The smallest absolute Gasteiger partial charge is 0.303 e. The van der Waals surface area contributed by atoms with Crippen molar-refractivity contribution in [2.75, 3.05) is 19.6 Å². The Labute approximate surface area is 91.8 Å². The SMILES string of the molecule is CC(C)=CCN1CCC(CCC(=O)O)C1. The molecular formula is C12H21NO2. The van der Waals surface area contributed by atoms with E-state index in [9.17, 15) is 4.79 Å². The zero-order valence-electron chi connectivity index (χ0n) is 9.70. The van der Waals surface area contributed by atoms with Crippen LogP contribution in [0.2, 0.25) is 0 Å². The molecule has 1 rings (SSSR count). The largest absolute Gasteiger partial charge is 0.481 e. The topological polar surface area (TPSA) is 40.5 Å². The van der Waals surface area contributed by atoms with Gasteiger partial charge < -0.3 is 5.11 Å². The first-order chi connectivity index (χ1) is 7.08. The van der Waals surface area contributed by atoms with Crippen molar-refractivity contribution >= 4 is 5.97 Å². The maximum absolute atomic E-state index is 10.4. The minimum absolute atomic E-state index is 0.321. The number of likely N-dealkylation sites (tertiary alicyclic amines) is 1. The predicted octanol–water partition coefficient (Wildman–Crippen LogP) is 2.14. The lowest BCUT2D eigenvalue weighted by atomic mass is 10.0. The van der Waals surface area contributed by atoms with E-state index in [1.807, 2.05) is 0 Å². The van der Waals surface area contributed by atoms with Gasteiger partial charge in [0.1, 0.15) is 0 Å². The zero-order valence-corrected chi connectivity index (χ0v) is 9.70. The minimum atomic E-state index is -0.669. The van der Waals surface area contributed by atoms with Crippen molar-refractivity contribution in [3.8, 4) is 0 Å². The summed E-state index contributed by atoms with van der Waals surface area (Å²) in [5.74, 6) is -0.0792. The highest BCUT2D eigenvalue weighted by molar-refractivity contribution is 5.66. The van der Waals surface area contributed by atoms with Crippen LogP contribution >= 0.6 is 0 Å². The Hall–Kier alpha value is -0.830. The molecule has 86 valence electrons. The van der Waals surface area contributed by atoms with Gasteiger partial charge in [0, 0.05) is 19.5 Å². The quantitative estimate of drug-likeness (QED) is 0.708. The summed E-state index contributed by atoms with van der Waals surface area (Å²) in [4.78, 5) is 12.8. The van der Waals surface area contributed by atoms with Crippen LogP contribution in [0.4, 0.5) is 0 Å². The molecule has 3 nitrogen and oxygen atoms in total. The third-order valence-corrected chi connectivity index (χ3v) is 2.89. The van der Waals surface area contributed by atoms with Gasteiger partial charge in [0.05, 0.1) is 0 Å². The van der Waals surface area contributed by atoms with Gasteiger partial charge in [-0.05, 0) is 39.2 Å². The lowest BCUT2D eigenvalue weighted by molar-refractivity contribution is -0.137. The van der Waals surface area contributed by atoms with Gasteiger partial charge in [-0.3, -0.25) is 9.69 Å². The zero-order chi connectivity index (χ0) is 11.3. The summed E-state index contributed by atoms with van der Waals surface area (Å²) in [7, 11) is 0. The lowest BCUT2D eigenvalue weighted by Crippen LogP contribution is -2.21. The molecule has 0 aromatic rings. The van der Waals surface area contributed by atoms with Gasteiger partial charge in [0.25, 0.3) is 0 Å². The van der Waals surface area contributed by atoms with Crippen molar-refractivity contribution in [3.05, 3.63) is 11.6 Å². The maximum Gasteiger partial charge on any atom is 0.303 e. The molecule has 1 unspecified atom stereocenters. The molecule has 1 heterocycles. The molecule has 0 bridgehead atoms. The van der Waals surface area contributed by atoms with E-state index in [0.29, 0.717) is 12.3 Å². The standard InChI is InChI=1S/C12H21NO2/c1-10(2)5-7-13-8-6-11(9-13)3-4-12(14)15/h5,11H,3-4,6-9H2,1-2H3,(H,14,15). The molecule has 0 aliphatic carbocycles. The molecule has 0 aromatic carbocycles. The van der Waals surface area contributed by atoms with E-state index in [1.165, 1.54) is 5.57 Å². The highest BCUT2D eigenvalue weighted by Gasteiger charge is 2.21. The number of aliphatic carboxylic acids is 1. The highest BCUT2D eigenvalue weighted by atomic mass is 16.4. The number of hydrogen-bond donors (Lipinski definition) is 1. The van der Waals surface area contributed by atoms with Crippen LogP contribution in [0.25, 0.3) is 0 Å². The summed E-state index contributed by atoms with van der Waals surface area (Å²) in [6.45, 7) is 7.42. The second kappa shape index (κ2) is 5.91. The molecule has 1 atom stereocenters. The van der Waals surface area contributed by atoms with Crippen molar-refractivity contribution in [2.45, 2.75) is 33.1 Å². The van der Waals surface area contributed by atoms with Crippen molar-refractivity contribution in [2.24, 2.45) is 5.92 Å². The molecule has 0 spiro atoms. The van der Waals surface area contributed by atoms with Crippen LogP contribution < -0.4 is 0 Å². The van der Waals surface area contributed by atoms with Crippen LogP contribution in [-0.4, -0.2) is 35.6 Å². The predicted molar refractivity (Wildman–Crippen MR) is 60.8 cm³/mol. The molecule has 1 saturated heterocycles. The first kappa shape index (κ1) is 12.2. The van der Waals surface area contributed by atoms with Gasteiger partial charge in [0.15, 0.2) is 0 Å². The van der Waals surface area contributed by atoms with Gasteiger partial charge in [0.2, 0.25) is 0 Å². The van der Waals surface area contributed by atoms with Crippen molar-refractivity contribution < 1.29 is 9.90 Å². The fraction of sp³-hybridized carbons (Fsp3) is 0.750. The second-order valence-electron chi connectivity index (χ2n) is 4.63. The Morgan fingerprint density at radius 1 is 1.53 bits per heavy atom. The van der Waals surface area contributed by atoms with Crippen LogP contribution in [0.3, 0.4) is 0 Å². The van der Waals surface area contributed by atoms with E-state index in [0.717, 1.165) is 32.5 Å². The fourth-order valence-electron chi connectivity index (χ4n) is 1.95. The van der Waals surface area contributed by atoms with Crippen LogP contribution in [0.15, 0.2) is 11.6 Å². The number of hydrogen-bond acceptors (Lipinski definition) is 2. The Balaban J connectivity index is 2.21. The minimum Gasteiger partial charge on any atom is -0.481 e. The summed E-state index contributed by atoms with van der Waals surface area (Å²) in [6, 6.07) is 0. The molecule has 0 aromatic heterocycles. The Bertz CT molecular complexity index is 244. The van der Waals surface area contributed by atoms with Gasteiger partial charge in [-0.1, -0.05) is 11.6 Å². The van der Waals surface area contributed by atoms with E-state index in [4.69, 9.17) is 5.11 Å². The molecule has 3 heteroatoms. The molecular weight excluding hydrogens is 190 g/mol. The second-order valence-corrected chi connectivity index (χ2v) is 4.63. The summed E-state index contributed by atoms with van der Waals surface area (Å²) in [6.07, 6.45) is 4.55. The van der Waals surface area contributed by atoms with Gasteiger partial charge >= 0.3 is 5.97 Å². The van der Waals surface area contributed by atoms with Crippen molar-refractivity contribution in [1.29, 1.82) is 0 Å². The van der Waals surface area contributed by atoms with Crippen LogP contribution in [0.5, 0.6) is 0 Å². The van der Waals surface area contributed by atoms with E-state index in [1.54, 1.807) is 0 Å². The summed E-state index contributed by atoms with van der Waals surface area (Å²) >= 11 is 0. The highest BCUT2D eigenvalue weighted by Crippen LogP contribution is 2.20. The maximum atomic E-state index is 10.4. The van der Waals surface area contributed by atoms with Crippen molar-refractivity contribution in [3.63, 3.8) is 0 Å². The van der Waals surface area contributed by atoms with Crippen LogP contribution in [0, 0.1) is 5.92 Å². The normalized spacial score (nSPS) is 21.6. The molecule has 15 heavy (non-hydrogen) atoms. The number of allylic oxidation sites excluding steroid dienone is 1. The van der Waals surface area contributed by atoms with E-state index in [2.05, 4.69) is 24.8 Å². The monoisotopic (exact) mass is 211 g/mol. The summed E-state index contributed by atoms with van der Waals surface area (Å²) < 4.78 is 0. The van der Waals surface area contributed by atoms with Gasteiger partial charge in [-0.25, -0.2) is 0 Å². The number of carbonyl (C=O) groups is 1. The number of carboxylic acids is 1. The average molecular weight is 211 g/mol. The summed E-state index contributed by atoms with van der Waals surface area (Å²) in [5.41, 5.74) is 1.35. The first-order valence-electron chi connectivity index (χ1n) is 5.65. The van der Waals surface area contributed by atoms with Crippen LogP contribution in [0.1, 0.15) is 33.1 Å². The molecule has 1 N–H and O–H groups in total. The van der Waals surface area contributed by atoms with Gasteiger partial charge in [-0.2, -0.15) is 0 Å². The summed E-state index contributed by atoms with van der Waals surface area (Å²) in [5, 5.41) is 8.59. The first-order valence-corrected chi connectivity index (χ1v) is 5.65. The molecule has 0 saturated carbocycles. The lowest BCUT2D eigenvalue weighted by Gasteiger charge is -2.13. The third kappa shape index (κ3) is 4.98. The van der Waals surface area contributed by atoms with E-state index in [-0.39, 0.29) is 0 Å². The van der Waals surface area contributed by atoms with E-state index < -0.39 is 5.97 Å². The Morgan fingerprint density at radius 3 is 2.87 bits per heavy atom. The van der Waals surface area contributed by atoms with Gasteiger partial charge in [-0.15, -0.1) is 0 Å². The number of rotatable bonds is 5. The fourth-order valence-corrected chi connectivity index (χ4v) is 1.95. The molecule has 1 aliphatic rings. The third-order valence-electron chi connectivity index (χ3n) is 2.89. The Kier molecular flexibility index (Phi) is 4.82. The number of nitrogens with zero attached hydrogens (tertiary/aromatic N) is 1. The molecule has 0 radical (unpaired) electrons. The Morgan fingerprint density at radius 2 is 2.27 bits per heavy atom. The van der Waals surface area contributed by atoms with Crippen LogP contribution in [-0.2, 0) is 4.79 Å². The molecule has 1 fully saturated rings.